The molecule has 2 aliphatic rings. The van der Waals surface area contributed by atoms with Crippen molar-refractivity contribution in [2.75, 3.05) is 6.54 Å². The zero-order valence-corrected chi connectivity index (χ0v) is 17.3. The van der Waals surface area contributed by atoms with Crippen LogP contribution in [0.5, 0.6) is 0 Å². The molecule has 142 valence electrons. The van der Waals surface area contributed by atoms with Crippen LogP contribution >= 0.6 is 22.7 Å². The molecule has 1 saturated carbocycles. The first kappa shape index (κ1) is 17.8. The van der Waals surface area contributed by atoms with E-state index in [1.165, 1.54) is 23.3 Å². The number of allylic oxidation sites excluding steroid dienone is 2. The van der Waals surface area contributed by atoms with Gasteiger partial charge < -0.3 is 0 Å². The average molecular weight is 406 g/mol. The molecular weight excluding hydrogens is 382 g/mol. The Hall–Kier alpha value is -2.24. The van der Waals surface area contributed by atoms with Gasteiger partial charge in [-0.2, -0.15) is 5.10 Å². The zero-order chi connectivity index (χ0) is 18.8. The fraction of sp³-hybridized carbons (Fsp3) is 0.304. The van der Waals surface area contributed by atoms with Crippen molar-refractivity contribution in [3.63, 3.8) is 0 Å². The van der Waals surface area contributed by atoms with Crippen molar-refractivity contribution in [1.29, 1.82) is 0 Å². The number of nitrogens with zero attached hydrogens (tertiary/aromatic N) is 3. The lowest BCUT2D eigenvalue weighted by atomic mass is 9.95. The first-order valence-electron chi connectivity index (χ1n) is 9.88. The van der Waals surface area contributed by atoms with Gasteiger partial charge in [-0.05, 0) is 48.1 Å². The summed E-state index contributed by atoms with van der Waals surface area (Å²) in [5, 5.41) is 9.23. The molecular formula is C23H23N3S2. The Morgan fingerprint density at radius 3 is 2.71 bits per heavy atom. The van der Waals surface area contributed by atoms with Gasteiger partial charge >= 0.3 is 0 Å². The van der Waals surface area contributed by atoms with Crippen molar-refractivity contribution in [3.05, 3.63) is 75.7 Å². The molecule has 0 amide bonds. The number of rotatable bonds is 6. The SMILES string of the molecule is C1=CC2CC1CC2C=Nn1c(-c2cccs2)csc1=NCCc1ccccc1. The van der Waals surface area contributed by atoms with E-state index in [9.17, 15) is 0 Å². The van der Waals surface area contributed by atoms with Gasteiger partial charge in [0.25, 0.3) is 0 Å². The third-order valence-electron chi connectivity index (χ3n) is 5.65. The van der Waals surface area contributed by atoms with Crippen LogP contribution in [0.15, 0.2) is 75.5 Å². The average Bonchev–Trinajstić information content (AvgIpc) is 3.51. The number of thiophene rings is 1. The van der Waals surface area contributed by atoms with E-state index in [1.807, 2.05) is 0 Å². The normalized spacial score (nSPS) is 24.0. The quantitative estimate of drug-likeness (QED) is 0.385. The van der Waals surface area contributed by atoms with E-state index in [-0.39, 0.29) is 0 Å². The minimum Gasteiger partial charge on any atom is -0.257 e. The van der Waals surface area contributed by atoms with Crippen LogP contribution in [-0.2, 0) is 6.42 Å². The maximum Gasteiger partial charge on any atom is 0.206 e. The highest BCUT2D eigenvalue weighted by molar-refractivity contribution is 7.14. The molecule has 3 aromatic rings. The number of fused-ring (bicyclic) bond motifs is 2. The minimum absolute atomic E-state index is 0.566. The maximum atomic E-state index is 4.93. The van der Waals surface area contributed by atoms with Crippen molar-refractivity contribution >= 4 is 28.9 Å². The van der Waals surface area contributed by atoms with E-state index >= 15 is 0 Å². The molecule has 2 aromatic heterocycles. The Morgan fingerprint density at radius 1 is 1.04 bits per heavy atom. The number of benzene rings is 1. The molecule has 5 heteroatoms. The summed E-state index contributed by atoms with van der Waals surface area (Å²) < 4.78 is 2.05. The highest BCUT2D eigenvalue weighted by atomic mass is 32.1. The van der Waals surface area contributed by atoms with Gasteiger partial charge in [-0.25, -0.2) is 4.68 Å². The lowest BCUT2D eigenvalue weighted by Gasteiger charge is -2.12. The molecule has 1 fully saturated rings. The van der Waals surface area contributed by atoms with Crippen LogP contribution in [0, 0.1) is 17.8 Å². The molecule has 0 radical (unpaired) electrons. The Labute approximate surface area is 173 Å². The molecule has 0 spiro atoms. The molecule has 3 unspecified atom stereocenters. The van der Waals surface area contributed by atoms with Gasteiger partial charge in [0.05, 0.1) is 10.6 Å². The van der Waals surface area contributed by atoms with Crippen molar-refractivity contribution in [2.24, 2.45) is 27.8 Å². The highest BCUT2D eigenvalue weighted by Gasteiger charge is 2.34. The summed E-state index contributed by atoms with van der Waals surface area (Å²) in [6.45, 7) is 0.779. The number of hydrogen-bond acceptors (Lipinski definition) is 4. The van der Waals surface area contributed by atoms with E-state index in [0.29, 0.717) is 11.8 Å². The summed E-state index contributed by atoms with van der Waals surface area (Å²) in [6.07, 6.45) is 10.4. The van der Waals surface area contributed by atoms with Crippen LogP contribution in [0.25, 0.3) is 10.6 Å². The summed E-state index contributed by atoms with van der Waals surface area (Å²) >= 11 is 3.44. The number of aromatic nitrogens is 1. The van der Waals surface area contributed by atoms with Gasteiger partial charge in [0.2, 0.25) is 4.80 Å². The zero-order valence-electron chi connectivity index (χ0n) is 15.6. The summed E-state index contributed by atoms with van der Waals surface area (Å²) in [5.41, 5.74) is 2.47. The molecule has 0 aliphatic heterocycles. The highest BCUT2D eigenvalue weighted by Crippen LogP contribution is 2.42. The van der Waals surface area contributed by atoms with Crippen molar-refractivity contribution in [2.45, 2.75) is 19.3 Å². The maximum absolute atomic E-state index is 4.93. The predicted molar refractivity (Wildman–Crippen MR) is 119 cm³/mol. The van der Waals surface area contributed by atoms with Crippen LogP contribution in [0.4, 0.5) is 0 Å². The molecule has 5 rings (SSSR count). The third-order valence-corrected chi connectivity index (χ3v) is 7.40. The van der Waals surface area contributed by atoms with E-state index in [1.54, 1.807) is 22.7 Å². The second kappa shape index (κ2) is 8.02. The van der Waals surface area contributed by atoms with Gasteiger partial charge in [0, 0.05) is 24.1 Å². The van der Waals surface area contributed by atoms with E-state index in [0.717, 1.165) is 29.4 Å². The van der Waals surface area contributed by atoms with Gasteiger partial charge in [0.15, 0.2) is 0 Å². The van der Waals surface area contributed by atoms with Crippen LogP contribution in [0.2, 0.25) is 0 Å². The smallest absolute Gasteiger partial charge is 0.206 e. The molecule has 1 aromatic carbocycles. The van der Waals surface area contributed by atoms with Crippen LogP contribution in [0.1, 0.15) is 18.4 Å². The largest absolute Gasteiger partial charge is 0.257 e. The second-order valence-corrected chi connectivity index (χ2v) is 9.30. The molecule has 2 aliphatic carbocycles. The Balaban J connectivity index is 1.42. The van der Waals surface area contributed by atoms with E-state index in [2.05, 4.69) is 76.3 Å². The van der Waals surface area contributed by atoms with Crippen LogP contribution < -0.4 is 4.80 Å². The Bertz CT molecular complexity index is 1040. The van der Waals surface area contributed by atoms with Crippen molar-refractivity contribution < 1.29 is 0 Å². The second-order valence-electron chi connectivity index (χ2n) is 7.52. The van der Waals surface area contributed by atoms with Crippen LogP contribution in [0.3, 0.4) is 0 Å². The summed E-state index contributed by atoms with van der Waals surface area (Å²) in [4.78, 5) is 7.11. The number of thiazole rings is 1. The van der Waals surface area contributed by atoms with Crippen molar-refractivity contribution in [3.8, 4) is 10.6 Å². The molecule has 2 bridgehead atoms. The van der Waals surface area contributed by atoms with E-state index < -0.39 is 0 Å². The number of hydrogen-bond donors (Lipinski definition) is 0. The Morgan fingerprint density at radius 2 is 1.96 bits per heavy atom. The van der Waals surface area contributed by atoms with Gasteiger partial charge in [-0.3, -0.25) is 4.99 Å². The molecule has 2 heterocycles. The van der Waals surface area contributed by atoms with Crippen LogP contribution in [-0.4, -0.2) is 17.4 Å². The van der Waals surface area contributed by atoms with E-state index in [4.69, 9.17) is 10.1 Å². The molecule has 0 saturated heterocycles. The third kappa shape index (κ3) is 3.69. The molecule has 0 N–H and O–H groups in total. The first-order valence-corrected chi connectivity index (χ1v) is 11.6. The summed E-state index contributed by atoms with van der Waals surface area (Å²) in [7, 11) is 0. The fourth-order valence-corrected chi connectivity index (χ4v) is 5.84. The molecule has 3 nitrogen and oxygen atoms in total. The lowest BCUT2D eigenvalue weighted by molar-refractivity contribution is 0.589. The Kier molecular flexibility index (Phi) is 5.10. The standard InChI is InChI=1S/C23H23N3S2/c1-2-5-17(6-3-1)10-11-24-23-26(21(16-28-23)22-7-4-12-27-22)25-15-20-14-18-8-9-19(20)13-18/h1-9,12,15-16,18-20H,10-11,13-14H2. The predicted octanol–water partition coefficient (Wildman–Crippen LogP) is 5.47. The first-order chi connectivity index (χ1) is 13.9. The van der Waals surface area contributed by atoms with Gasteiger partial charge in [-0.15, -0.1) is 22.7 Å². The summed E-state index contributed by atoms with van der Waals surface area (Å²) in [6, 6.07) is 14.8. The van der Waals surface area contributed by atoms with Gasteiger partial charge in [0.1, 0.15) is 0 Å². The molecule has 3 atom stereocenters. The molecule has 28 heavy (non-hydrogen) atoms. The van der Waals surface area contributed by atoms with Crippen molar-refractivity contribution in [1.82, 2.24) is 4.68 Å². The lowest BCUT2D eigenvalue weighted by Crippen LogP contribution is -2.15. The topological polar surface area (TPSA) is 29.6 Å². The minimum atomic E-state index is 0.566. The van der Waals surface area contributed by atoms with Gasteiger partial charge in [-0.1, -0.05) is 48.6 Å². The summed E-state index contributed by atoms with van der Waals surface area (Å²) in [5.74, 6) is 2.01. The monoisotopic (exact) mass is 405 g/mol. The fourth-order valence-electron chi connectivity index (χ4n) is 4.19.